The molecule has 4 rings (SSSR count). The minimum atomic E-state index is -0.136. The van der Waals surface area contributed by atoms with E-state index in [9.17, 15) is 4.79 Å². The lowest BCUT2D eigenvalue weighted by Gasteiger charge is -2.13. The zero-order valence-electron chi connectivity index (χ0n) is 17.8. The van der Waals surface area contributed by atoms with E-state index in [1.165, 1.54) is 0 Å². The third kappa shape index (κ3) is 4.26. The number of ether oxygens (including phenoxy) is 4. The monoisotopic (exact) mass is 416 g/mol. The van der Waals surface area contributed by atoms with Crippen molar-refractivity contribution in [2.24, 2.45) is 0 Å². The topological polar surface area (TPSA) is 54.0 Å². The summed E-state index contributed by atoms with van der Waals surface area (Å²) >= 11 is 0. The van der Waals surface area contributed by atoms with E-state index in [0.29, 0.717) is 36.0 Å². The van der Waals surface area contributed by atoms with Crippen molar-refractivity contribution in [3.63, 3.8) is 0 Å². The van der Waals surface area contributed by atoms with Gasteiger partial charge in [0, 0.05) is 11.1 Å². The summed E-state index contributed by atoms with van der Waals surface area (Å²) in [6.07, 6.45) is 1.74. The predicted octanol–water partition coefficient (Wildman–Crippen LogP) is 5.60. The largest absolute Gasteiger partial charge is 0.496 e. The van der Waals surface area contributed by atoms with Crippen LogP contribution in [0.3, 0.4) is 0 Å². The Morgan fingerprint density at radius 1 is 0.935 bits per heavy atom. The minimum absolute atomic E-state index is 0.136. The van der Waals surface area contributed by atoms with Crippen molar-refractivity contribution in [2.45, 2.75) is 20.5 Å². The van der Waals surface area contributed by atoms with E-state index in [-0.39, 0.29) is 5.78 Å². The van der Waals surface area contributed by atoms with E-state index in [2.05, 4.69) is 0 Å². The molecule has 0 amide bonds. The number of benzene rings is 3. The van der Waals surface area contributed by atoms with Gasteiger partial charge >= 0.3 is 0 Å². The fraction of sp³-hybridized carbons (Fsp3) is 0.192. The molecular formula is C26H24O5. The van der Waals surface area contributed by atoms with Crippen LogP contribution in [0.15, 0.2) is 66.4 Å². The summed E-state index contributed by atoms with van der Waals surface area (Å²) in [5.41, 5.74) is 3.14. The Morgan fingerprint density at radius 2 is 1.71 bits per heavy atom. The third-order valence-electron chi connectivity index (χ3n) is 5.10. The molecule has 0 unspecified atom stereocenters. The van der Waals surface area contributed by atoms with Crippen LogP contribution < -0.4 is 18.9 Å². The number of para-hydroxylation sites is 1. The standard InChI is InChI=1S/C26H24O5/c1-4-29-20-11-9-18(10-12-20)15-24-25(27)21-13-14-22(17(2)26(21)31-24)30-16-19-7-5-6-8-23(19)28-3/h5-15H,4,16H2,1-3H3/b24-15-. The van der Waals surface area contributed by atoms with Crippen molar-refractivity contribution < 1.29 is 23.7 Å². The van der Waals surface area contributed by atoms with Crippen LogP contribution in [0.25, 0.3) is 6.08 Å². The first-order chi connectivity index (χ1) is 15.1. The van der Waals surface area contributed by atoms with Crippen LogP contribution in [0.5, 0.6) is 23.0 Å². The Morgan fingerprint density at radius 3 is 2.45 bits per heavy atom. The molecule has 1 heterocycles. The maximum atomic E-state index is 12.8. The molecule has 0 N–H and O–H groups in total. The van der Waals surface area contributed by atoms with Gasteiger partial charge in [-0.05, 0) is 55.8 Å². The Balaban J connectivity index is 1.53. The van der Waals surface area contributed by atoms with Gasteiger partial charge in [0.15, 0.2) is 5.76 Å². The molecule has 31 heavy (non-hydrogen) atoms. The quantitative estimate of drug-likeness (QED) is 0.470. The first-order valence-electron chi connectivity index (χ1n) is 10.2. The van der Waals surface area contributed by atoms with Gasteiger partial charge in [0.1, 0.15) is 29.6 Å². The average molecular weight is 416 g/mol. The summed E-state index contributed by atoms with van der Waals surface area (Å²) in [6.45, 7) is 4.79. The van der Waals surface area contributed by atoms with Crippen LogP contribution in [-0.4, -0.2) is 19.5 Å². The molecule has 0 atom stereocenters. The molecule has 0 saturated heterocycles. The molecule has 0 bridgehead atoms. The molecule has 0 aliphatic carbocycles. The number of ketones is 1. The van der Waals surface area contributed by atoms with E-state index in [0.717, 1.165) is 28.2 Å². The molecule has 1 aliphatic rings. The smallest absolute Gasteiger partial charge is 0.231 e. The van der Waals surface area contributed by atoms with Crippen molar-refractivity contribution in [2.75, 3.05) is 13.7 Å². The van der Waals surface area contributed by atoms with Crippen molar-refractivity contribution in [1.82, 2.24) is 0 Å². The summed E-state index contributed by atoms with van der Waals surface area (Å²) in [5, 5.41) is 0. The van der Waals surface area contributed by atoms with Crippen molar-refractivity contribution in [1.29, 1.82) is 0 Å². The lowest BCUT2D eigenvalue weighted by atomic mass is 10.1. The number of carbonyl (C=O) groups excluding carboxylic acids is 1. The lowest BCUT2D eigenvalue weighted by Crippen LogP contribution is -2.00. The van der Waals surface area contributed by atoms with Gasteiger partial charge < -0.3 is 18.9 Å². The van der Waals surface area contributed by atoms with Crippen LogP contribution in [0.2, 0.25) is 0 Å². The highest BCUT2D eigenvalue weighted by molar-refractivity contribution is 6.14. The molecule has 0 fully saturated rings. The second kappa shape index (κ2) is 8.96. The molecule has 0 spiro atoms. The number of Topliss-reactive ketones (excluding diaryl/α,β-unsaturated/α-hetero) is 1. The number of methoxy groups -OCH3 is 1. The zero-order valence-corrected chi connectivity index (χ0v) is 17.8. The lowest BCUT2D eigenvalue weighted by molar-refractivity contribution is 0.101. The Labute approximate surface area is 181 Å². The number of rotatable bonds is 7. The van der Waals surface area contributed by atoms with Crippen LogP contribution in [-0.2, 0) is 6.61 Å². The number of fused-ring (bicyclic) bond motifs is 1. The number of carbonyl (C=O) groups is 1. The van der Waals surface area contributed by atoms with Crippen LogP contribution in [0, 0.1) is 6.92 Å². The van der Waals surface area contributed by atoms with E-state index < -0.39 is 0 Å². The molecule has 5 nitrogen and oxygen atoms in total. The van der Waals surface area contributed by atoms with Gasteiger partial charge in [0.2, 0.25) is 5.78 Å². The van der Waals surface area contributed by atoms with Gasteiger partial charge in [-0.2, -0.15) is 0 Å². The SMILES string of the molecule is CCOc1ccc(/C=C2\Oc3c(ccc(OCc4ccccc4OC)c3C)C2=O)cc1. The van der Waals surface area contributed by atoms with Gasteiger partial charge in [-0.25, -0.2) is 0 Å². The van der Waals surface area contributed by atoms with Gasteiger partial charge in [0.05, 0.1) is 19.3 Å². The second-order valence-electron chi connectivity index (χ2n) is 7.11. The first-order valence-corrected chi connectivity index (χ1v) is 10.2. The summed E-state index contributed by atoms with van der Waals surface area (Å²) in [4.78, 5) is 12.8. The van der Waals surface area contributed by atoms with E-state index in [1.807, 2.05) is 68.4 Å². The van der Waals surface area contributed by atoms with Crippen LogP contribution in [0.4, 0.5) is 0 Å². The van der Waals surface area contributed by atoms with Gasteiger partial charge in [-0.1, -0.05) is 30.3 Å². The summed E-state index contributed by atoms with van der Waals surface area (Å²) in [6, 6.07) is 18.8. The van der Waals surface area contributed by atoms with Gasteiger partial charge in [0.25, 0.3) is 0 Å². The summed E-state index contributed by atoms with van der Waals surface area (Å²) in [7, 11) is 1.64. The van der Waals surface area contributed by atoms with E-state index in [4.69, 9.17) is 18.9 Å². The summed E-state index contributed by atoms with van der Waals surface area (Å²) < 4.78 is 22.8. The highest BCUT2D eigenvalue weighted by atomic mass is 16.5. The van der Waals surface area contributed by atoms with Gasteiger partial charge in [-0.15, -0.1) is 0 Å². The molecule has 0 aromatic heterocycles. The molecule has 0 radical (unpaired) electrons. The average Bonchev–Trinajstić information content (AvgIpc) is 3.11. The Kier molecular flexibility index (Phi) is 5.94. The van der Waals surface area contributed by atoms with Crippen LogP contribution in [0.1, 0.15) is 34.0 Å². The van der Waals surface area contributed by atoms with Crippen LogP contribution >= 0.6 is 0 Å². The fourth-order valence-corrected chi connectivity index (χ4v) is 3.48. The van der Waals surface area contributed by atoms with Crippen molar-refractivity contribution >= 4 is 11.9 Å². The number of hydrogen-bond donors (Lipinski definition) is 0. The van der Waals surface area contributed by atoms with Crippen molar-refractivity contribution in [3.05, 3.63) is 88.7 Å². The summed E-state index contributed by atoms with van der Waals surface area (Å²) in [5.74, 6) is 2.93. The molecule has 158 valence electrons. The zero-order chi connectivity index (χ0) is 21.8. The fourth-order valence-electron chi connectivity index (χ4n) is 3.48. The third-order valence-corrected chi connectivity index (χ3v) is 5.10. The molecule has 3 aromatic carbocycles. The number of allylic oxidation sites excluding steroid dienone is 1. The maximum absolute atomic E-state index is 12.8. The van der Waals surface area contributed by atoms with Crippen molar-refractivity contribution in [3.8, 4) is 23.0 Å². The van der Waals surface area contributed by atoms with Gasteiger partial charge in [-0.3, -0.25) is 4.79 Å². The highest BCUT2D eigenvalue weighted by Gasteiger charge is 2.30. The minimum Gasteiger partial charge on any atom is -0.496 e. The molecule has 0 saturated carbocycles. The number of hydrogen-bond acceptors (Lipinski definition) is 5. The predicted molar refractivity (Wildman–Crippen MR) is 119 cm³/mol. The molecule has 5 heteroatoms. The molecule has 1 aliphatic heterocycles. The Hall–Kier alpha value is -3.73. The first kappa shape index (κ1) is 20.5. The second-order valence-corrected chi connectivity index (χ2v) is 7.11. The normalized spacial score (nSPS) is 13.6. The molecule has 3 aromatic rings. The maximum Gasteiger partial charge on any atom is 0.231 e. The van der Waals surface area contributed by atoms with E-state index in [1.54, 1.807) is 19.3 Å². The Bertz CT molecular complexity index is 1130. The van der Waals surface area contributed by atoms with E-state index >= 15 is 0 Å². The molecular weight excluding hydrogens is 392 g/mol. The highest BCUT2D eigenvalue weighted by Crippen LogP contribution is 2.39.